The molecular weight excluding hydrogens is 336 g/mol. The summed E-state index contributed by atoms with van der Waals surface area (Å²) in [5.41, 5.74) is 2.56. The molecule has 0 aromatic heterocycles. The summed E-state index contributed by atoms with van der Waals surface area (Å²) >= 11 is 0. The Bertz CT molecular complexity index is 643. The van der Waals surface area contributed by atoms with Crippen LogP contribution in [0.2, 0.25) is 0 Å². The van der Waals surface area contributed by atoms with Gasteiger partial charge in [-0.1, -0.05) is 12.1 Å². The van der Waals surface area contributed by atoms with E-state index in [0.29, 0.717) is 5.41 Å². The van der Waals surface area contributed by atoms with E-state index in [4.69, 9.17) is 4.74 Å². The number of ether oxygens (including phenoxy) is 1. The van der Waals surface area contributed by atoms with Crippen molar-refractivity contribution in [1.82, 2.24) is 4.90 Å². The van der Waals surface area contributed by atoms with E-state index < -0.39 is 0 Å². The third-order valence-corrected chi connectivity index (χ3v) is 7.45. The second-order valence-corrected chi connectivity index (χ2v) is 9.73. The zero-order valence-corrected chi connectivity index (χ0v) is 16.3. The molecule has 1 aliphatic heterocycles. The standard InChI is InChI=1S/C23H32N2O2/c26-22(15-23-12-18-9-19(13-23)11-20(10-18)14-23)24-21-3-1-17(2-4-21)16-25-5-7-27-8-6-25/h1-4,18-20H,5-16H2,(H,24,26). The quantitative estimate of drug-likeness (QED) is 0.852. The highest BCUT2D eigenvalue weighted by Crippen LogP contribution is 2.61. The fourth-order valence-electron chi connectivity index (χ4n) is 6.76. The zero-order chi connectivity index (χ0) is 18.3. The summed E-state index contributed by atoms with van der Waals surface area (Å²) in [6.45, 7) is 4.63. The van der Waals surface area contributed by atoms with E-state index in [1.54, 1.807) is 0 Å². The number of hydrogen-bond acceptors (Lipinski definition) is 3. The number of benzene rings is 1. The molecule has 1 aromatic rings. The molecule has 4 saturated carbocycles. The molecule has 146 valence electrons. The molecule has 4 bridgehead atoms. The van der Waals surface area contributed by atoms with Crippen molar-refractivity contribution in [3.05, 3.63) is 29.8 Å². The van der Waals surface area contributed by atoms with E-state index in [9.17, 15) is 4.79 Å². The van der Waals surface area contributed by atoms with Gasteiger partial charge in [0, 0.05) is 31.7 Å². The Morgan fingerprint density at radius 3 is 2.19 bits per heavy atom. The molecule has 4 aliphatic carbocycles. The molecule has 5 aliphatic rings. The molecule has 0 unspecified atom stereocenters. The van der Waals surface area contributed by atoms with Gasteiger partial charge in [-0.3, -0.25) is 9.69 Å². The fraction of sp³-hybridized carbons (Fsp3) is 0.696. The van der Waals surface area contributed by atoms with Crippen LogP contribution < -0.4 is 5.32 Å². The van der Waals surface area contributed by atoms with Crippen LogP contribution in [-0.2, 0) is 16.1 Å². The zero-order valence-electron chi connectivity index (χ0n) is 16.3. The predicted molar refractivity (Wildman–Crippen MR) is 106 cm³/mol. The topological polar surface area (TPSA) is 41.6 Å². The minimum Gasteiger partial charge on any atom is -0.379 e. The fourth-order valence-corrected chi connectivity index (χ4v) is 6.76. The first-order chi connectivity index (χ1) is 13.2. The van der Waals surface area contributed by atoms with E-state index in [1.807, 2.05) is 0 Å². The van der Waals surface area contributed by atoms with E-state index in [2.05, 4.69) is 34.5 Å². The predicted octanol–water partition coefficient (Wildman–Crippen LogP) is 4.06. The van der Waals surface area contributed by atoms with E-state index >= 15 is 0 Å². The van der Waals surface area contributed by atoms with Crippen LogP contribution in [0.1, 0.15) is 50.5 Å². The molecule has 0 radical (unpaired) electrons. The SMILES string of the molecule is O=C(CC12CC3CC(CC(C3)C1)C2)Nc1ccc(CN2CCOCC2)cc1. The molecular formula is C23H32N2O2. The van der Waals surface area contributed by atoms with E-state index in [0.717, 1.165) is 62.7 Å². The van der Waals surface area contributed by atoms with Crippen LogP contribution in [0.25, 0.3) is 0 Å². The molecule has 5 fully saturated rings. The van der Waals surface area contributed by atoms with Crippen molar-refractivity contribution in [3.8, 4) is 0 Å². The molecule has 1 aromatic carbocycles. The molecule has 1 N–H and O–H groups in total. The van der Waals surface area contributed by atoms with Gasteiger partial charge < -0.3 is 10.1 Å². The number of nitrogens with zero attached hydrogens (tertiary/aromatic N) is 1. The summed E-state index contributed by atoms with van der Waals surface area (Å²) in [5, 5.41) is 3.18. The highest BCUT2D eigenvalue weighted by molar-refractivity contribution is 5.91. The first kappa shape index (κ1) is 17.7. The average molecular weight is 369 g/mol. The third-order valence-electron chi connectivity index (χ3n) is 7.45. The van der Waals surface area contributed by atoms with Crippen LogP contribution in [0.5, 0.6) is 0 Å². The lowest BCUT2D eigenvalue weighted by Crippen LogP contribution is -2.47. The number of amides is 1. The van der Waals surface area contributed by atoms with Crippen LogP contribution in [0.15, 0.2) is 24.3 Å². The molecule has 1 amide bonds. The number of nitrogens with one attached hydrogen (secondary N) is 1. The van der Waals surface area contributed by atoms with Gasteiger partial charge in [-0.05, 0) is 79.4 Å². The maximum atomic E-state index is 12.8. The van der Waals surface area contributed by atoms with Crippen LogP contribution in [0.3, 0.4) is 0 Å². The number of rotatable bonds is 5. The number of carbonyl (C=O) groups excluding carboxylic acids is 1. The van der Waals surface area contributed by atoms with Gasteiger partial charge in [-0.15, -0.1) is 0 Å². The second-order valence-electron chi connectivity index (χ2n) is 9.73. The van der Waals surface area contributed by atoms with Crippen LogP contribution >= 0.6 is 0 Å². The molecule has 0 atom stereocenters. The molecule has 1 saturated heterocycles. The first-order valence-electron chi connectivity index (χ1n) is 10.8. The van der Waals surface area contributed by atoms with E-state index in [1.165, 1.54) is 44.1 Å². The second kappa shape index (κ2) is 7.21. The molecule has 27 heavy (non-hydrogen) atoms. The smallest absolute Gasteiger partial charge is 0.224 e. The molecule has 6 rings (SSSR count). The van der Waals surface area contributed by atoms with Crippen molar-refractivity contribution >= 4 is 11.6 Å². The van der Waals surface area contributed by atoms with Gasteiger partial charge in [0.2, 0.25) is 5.91 Å². The molecule has 1 heterocycles. The van der Waals surface area contributed by atoms with Gasteiger partial charge in [0.15, 0.2) is 0 Å². The number of carbonyl (C=O) groups is 1. The van der Waals surface area contributed by atoms with Gasteiger partial charge in [0.25, 0.3) is 0 Å². The van der Waals surface area contributed by atoms with Crippen molar-refractivity contribution in [2.45, 2.75) is 51.5 Å². The average Bonchev–Trinajstić information content (AvgIpc) is 2.62. The lowest BCUT2D eigenvalue weighted by molar-refractivity contribution is -0.124. The summed E-state index contributed by atoms with van der Waals surface area (Å²) in [5.74, 6) is 2.94. The summed E-state index contributed by atoms with van der Waals surface area (Å²) in [4.78, 5) is 15.2. The Morgan fingerprint density at radius 2 is 1.59 bits per heavy atom. The number of hydrogen-bond donors (Lipinski definition) is 1. The van der Waals surface area contributed by atoms with Gasteiger partial charge in [0.05, 0.1) is 13.2 Å². The molecule has 4 nitrogen and oxygen atoms in total. The van der Waals surface area contributed by atoms with Gasteiger partial charge >= 0.3 is 0 Å². The lowest BCUT2D eigenvalue weighted by Gasteiger charge is -2.56. The largest absolute Gasteiger partial charge is 0.379 e. The Kier molecular flexibility index (Phi) is 4.73. The highest BCUT2D eigenvalue weighted by Gasteiger charge is 2.51. The van der Waals surface area contributed by atoms with Gasteiger partial charge in [0.1, 0.15) is 0 Å². The van der Waals surface area contributed by atoms with Crippen LogP contribution in [0.4, 0.5) is 5.69 Å². The van der Waals surface area contributed by atoms with Crippen molar-refractivity contribution < 1.29 is 9.53 Å². The number of morpholine rings is 1. The first-order valence-corrected chi connectivity index (χ1v) is 10.8. The normalized spacial score (nSPS) is 35.3. The monoisotopic (exact) mass is 368 g/mol. The lowest BCUT2D eigenvalue weighted by atomic mass is 9.49. The number of anilines is 1. The van der Waals surface area contributed by atoms with Gasteiger partial charge in [-0.25, -0.2) is 0 Å². The molecule has 4 heteroatoms. The Balaban J connectivity index is 1.16. The summed E-state index contributed by atoms with van der Waals surface area (Å²) in [7, 11) is 0. The van der Waals surface area contributed by atoms with Crippen molar-refractivity contribution in [2.75, 3.05) is 31.6 Å². The highest BCUT2D eigenvalue weighted by atomic mass is 16.5. The maximum absolute atomic E-state index is 12.8. The minimum absolute atomic E-state index is 0.220. The van der Waals surface area contributed by atoms with Gasteiger partial charge in [-0.2, -0.15) is 0 Å². The minimum atomic E-state index is 0.220. The Morgan fingerprint density at radius 1 is 1.00 bits per heavy atom. The summed E-state index contributed by atoms with van der Waals surface area (Å²) < 4.78 is 5.41. The summed E-state index contributed by atoms with van der Waals surface area (Å²) in [6, 6.07) is 8.42. The maximum Gasteiger partial charge on any atom is 0.224 e. The van der Waals surface area contributed by atoms with Crippen LogP contribution in [0, 0.1) is 23.2 Å². The third kappa shape index (κ3) is 3.93. The Labute approximate surface area is 162 Å². The Hall–Kier alpha value is -1.39. The van der Waals surface area contributed by atoms with Crippen LogP contribution in [-0.4, -0.2) is 37.1 Å². The van der Waals surface area contributed by atoms with E-state index in [-0.39, 0.29) is 5.91 Å². The van der Waals surface area contributed by atoms with Crippen molar-refractivity contribution in [1.29, 1.82) is 0 Å². The van der Waals surface area contributed by atoms with Crippen molar-refractivity contribution in [2.24, 2.45) is 23.2 Å². The van der Waals surface area contributed by atoms with Crippen molar-refractivity contribution in [3.63, 3.8) is 0 Å². The summed E-state index contributed by atoms with van der Waals surface area (Å²) in [6.07, 6.45) is 8.93. The molecule has 0 spiro atoms.